The van der Waals surface area contributed by atoms with E-state index in [2.05, 4.69) is 54.8 Å². The largest absolute Gasteiger partial charge is 0.326 e. The van der Waals surface area contributed by atoms with E-state index < -0.39 is 0 Å². The summed E-state index contributed by atoms with van der Waals surface area (Å²) in [5, 5.41) is 0. The number of benzene rings is 2. The van der Waals surface area contributed by atoms with E-state index in [1.165, 1.54) is 21.6 Å². The summed E-state index contributed by atoms with van der Waals surface area (Å²) >= 11 is 1.76. The molecule has 0 heterocycles. The van der Waals surface area contributed by atoms with Crippen molar-refractivity contribution in [1.29, 1.82) is 0 Å². The fourth-order valence-electron chi connectivity index (χ4n) is 1.66. The maximum Gasteiger partial charge on any atom is 0.0178 e. The van der Waals surface area contributed by atoms with E-state index in [1.54, 1.807) is 11.8 Å². The summed E-state index contributed by atoms with van der Waals surface area (Å²) < 4.78 is 0. The van der Waals surface area contributed by atoms with Gasteiger partial charge in [0.25, 0.3) is 0 Å². The zero-order valence-corrected chi connectivity index (χ0v) is 10.1. The lowest BCUT2D eigenvalue weighted by Gasteiger charge is -2.04. The molecule has 1 nitrogen and oxygen atoms in total. The van der Waals surface area contributed by atoms with Crippen LogP contribution in [0.4, 0.5) is 0 Å². The van der Waals surface area contributed by atoms with Gasteiger partial charge in [-0.2, -0.15) is 0 Å². The van der Waals surface area contributed by atoms with Gasteiger partial charge in [-0.25, -0.2) is 0 Å². The van der Waals surface area contributed by atoms with Crippen molar-refractivity contribution in [2.24, 2.45) is 5.73 Å². The molecule has 0 bridgehead atoms. The molecule has 0 atom stereocenters. The Morgan fingerprint density at radius 1 is 1.00 bits per heavy atom. The predicted octanol–water partition coefficient (Wildman–Crippen LogP) is 3.53. The average Bonchev–Trinajstić information content (AvgIpc) is 2.39. The molecule has 0 aliphatic heterocycles. The van der Waals surface area contributed by atoms with E-state index >= 15 is 0 Å². The zero-order chi connectivity index (χ0) is 11.4. The fourth-order valence-corrected chi connectivity index (χ4v) is 2.07. The van der Waals surface area contributed by atoms with Crippen LogP contribution in [0.25, 0.3) is 11.1 Å². The average molecular weight is 229 g/mol. The molecule has 0 unspecified atom stereocenters. The van der Waals surface area contributed by atoms with E-state index in [0.29, 0.717) is 6.54 Å². The Bertz CT molecular complexity index is 462. The Kier molecular flexibility index (Phi) is 3.65. The summed E-state index contributed by atoms with van der Waals surface area (Å²) in [5.41, 5.74) is 9.29. The van der Waals surface area contributed by atoms with Crippen LogP contribution in [0.15, 0.2) is 53.4 Å². The van der Waals surface area contributed by atoms with Crippen molar-refractivity contribution in [3.63, 3.8) is 0 Å². The molecule has 0 amide bonds. The number of hydrogen-bond acceptors (Lipinski definition) is 2. The highest BCUT2D eigenvalue weighted by Gasteiger charge is 1.98. The molecule has 0 radical (unpaired) electrons. The minimum Gasteiger partial charge on any atom is -0.326 e. The van der Waals surface area contributed by atoms with Crippen LogP contribution in [0.5, 0.6) is 0 Å². The third-order valence-corrected chi connectivity index (χ3v) is 3.33. The van der Waals surface area contributed by atoms with Crippen LogP contribution in [-0.4, -0.2) is 6.26 Å². The predicted molar refractivity (Wildman–Crippen MR) is 71.6 cm³/mol. The van der Waals surface area contributed by atoms with Gasteiger partial charge in [0.05, 0.1) is 0 Å². The van der Waals surface area contributed by atoms with Crippen LogP contribution in [0.3, 0.4) is 0 Å². The van der Waals surface area contributed by atoms with Crippen molar-refractivity contribution < 1.29 is 0 Å². The Labute approximate surface area is 101 Å². The maximum atomic E-state index is 5.64. The number of thioether (sulfide) groups is 1. The molecule has 0 aliphatic carbocycles. The molecular weight excluding hydrogens is 214 g/mol. The lowest BCUT2D eigenvalue weighted by atomic mass is 10.0. The molecule has 0 saturated carbocycles. The second-order valence-electron chi connectivity index (χ2n) is 3.63. The van der Waals surface area contributed by atoms with E-state index in [-0.39, 0.29) is 0 Å². The SMILES string of the molecule is CSc1ccc(-c2cccc(CN)c2)cc1. The first-order valence-corrected chi connectivity index (χ1v) is 6.49. The Morgan fingerprint density at radius 3 is 2.38 bits per heavy atom. The third kappa shape index (κ3) is 2.46. The third-order valence-electron chi connectivity index (χ3n) is 2.59. The van der Waals surface area contributed by atoms with Crippen molar-refractivity contribution in [2.45, 2.75) is 11.4 Å². The fraction of sp³-hybridized carbons (Fsp3) is 0.143. The van der Waals surface area contributed by atoms with Gasteiger partial charge in [-0.15, -0.1) is 11.8 Å². The zero-order valence-electron chi connectivity index (χ0n) is 9.31. The molecule has 0 saturated heterocycles. The molecule has 0 aliphatic rings. The Morgan fingerprint density at radius 2 is 1.75 bits per heavy atom. The van der Waals surface area contributed by atoms with Crippen LogP contribution in [-0.2, 0) is 6.54 Å². The van der Waals surface area contributed by atoms with E-state index in [9.17, 15) is 0 Å². The number of hydrogen-bond donors (Lipinski definition) is 1. The monoisotopic (exact) mass is 229 g/mol. The molecule has 82 valence electrons. The van der Waals surface area contributed by atoms with Gasteiger partial charge in [-0.1, -0.05) is 30.3 Å². The summed E-state index contributed by atoms with van der Waals surface area (Å²) in [6, 6.07) is 17.0. The second-order valence-corrected chi connectivity index (χ2v) is 4.51. The van der Waals surface area contributed by atoms with Gasteiger partial charge >= 0.3 is 0 Å². The molecule has 16 heavy (non-hydrogen) atoms. The Balaban J connectivity index is 2.34. The lowest BCUT2D eigenvalue weighted by molar-refractivity contribution is 1.07. The quantitative estimate of drug-likeness (QED) is 0.815. The van der Waals surface area contributed by atoms with Crippen LogP contribution in [0, 0.1) is 0 Å². The van der Waals surface area contributed by atoms with Crippen LogP contribution in [0.1, 0.15) is 5.56 Å². The summed E-state index contributed by atoms with van der Waals surface area (Å²) in [5.74, 6) is 0. The van der Waals surface area contributed by atoms with Gasteiger partial charge in [0.15, 0.2) is 0 Å². The first-order chi connectivity index (χ1) is 7.83. The molecule has 2 aromatic rings. The standard InChI is InChI=1S/C14H15NS/c1-16-14-7-5-12(6-8-14)13-4-2-3-11(9-13)10-15/h2-9H,10,15H2,1H3. The molecule has 0 fully saturated rings. The second kappa shape index (κ2) is 5.19. The summed E-state index contributed by atoms with van der Waals surface area (Å²) in [7, 11) is 0. The van der Waals surface area contributed by atoms with E-state index in [0.717, 1.165) is 0 Å². The maximum absolute atomic E-state index is 5.64. The van der Waals surface area contributed by atoms with E-state index in [1.807, 2.05) is 0 Å². The summed E-state index contributed by atoms with van der Waals surface area (Å²) in [6.07, 6.45) is 2.09. The van der Waals surface area contributed by atoms with Crippen LogP contribution < -0.4 is 5.73 Å². The summed E-state index contributed by atoms with van der Waals surface area (Å²) in [4.78, 5) is 1.29. The molecule has 0 spiro atoms. The normalized spacial score (nSPS) is 10.4. The van der Waals surface area contributed by atoms with Gasteiger partial charge in [0.1, 0.15) is 0 Å². The van der Waals surface area contributed by atoms with Gasteiger partial charge in [-0.05, 0) is 41.1 Å². The van der Waals surface area contributed by atoms with Crippen LogP contribution in [0.2, 0.25) is 0 Å². The molecule has 2 N–H and O–H groups in total. The highest BCUT2D eigenvalue weighted by atomic mass is 32.2. The first kappa shape index (κ1) is 11.2. The van der Waals surface area contributed by atoms with Crippen molar-refractivity contribution in [3.05, 3.63) is 54.1 Å². The number of rotatable bonds is 3. The topological polar surface area (TPSA) is 26.0 Å². The number of nitrogens with two attached hydrogens (primary N) is 1. The minimum atomic E-state index is 0.594. The molecule has 2 aromatic carbocycles. The molecule has 0 aromatic heterocycles. The first-order valence-electron chi connectivity index (χ1n) is 5.27. The minimum absolute atomic E-state index is 0.594. The molecule has 2 rings (SSSR count). The van der Waals surface area contributed by atoms with Crippen LogP contribution >= 0.6 is 11.8 Å². The van der Waals surface area contributed by atoms with Gasteiger partial charge in [-0.3, -0.25) is 0 Å². The van der Waals surface area contributed by atoms with Crippen molar-refractivity contribution in [3.8, 4) is 11.1 Å². The van der Waals surface area contributed by atoms with E-state index in [4.69, 9.17) is 5.73 Å². The van der Waals surface area contributed by atoms with Gasteiger partial charge in [0, 0.05) is 11.4 Å². The van der Waals surface area contributed by atoms with Crippen molar-refractivity contribution >= 4 is 11.8 Å². The van der Waals surface area contributed by atoms with Crippen molar-refractivity contribution in [2.75, 3.05) is 6.26 Å². The Hall–Kier alpha value is -1.25. The van der Waals surface area contributed by atoms with Crippen molar-refractivity contribution in [1.82, 2.24) is 0 Å². The lowest BCUT2D eigenvalue weighted by Crippen LogP contribution is -1.95. The highest BCUT2D eigenvalue weighted by Crippen LogP contribution is 2.23. The molecular formula is C14H15NS. The van der Waals surface area contributed by atoms with Gasteiger partial charge in [0.2, 0.25) is 0 Å². The summed E-state index contributed by atoms with van der Waals surface area (Å²) in [6.45, 7) is 0.594. The molecule has 2 heteroatoms. The highest BCUT2D eigenvalue weighted by molar-refractivity contribution is 7.98. The smallest absolute Gasteiger partial charge is 0.0178 e. The van der Waals surface area contributed by atoms with Gasteiger partial charge < -0.3 is 5.73 Å².